The van der Waals surface area contributed by atoms with Crippen LogP contribution in [-0.4, -0.2) is 43.4 Å². The number of likely N-dealkylation sites (N-methyl/N-ethyl adjacent to an activating group) is 1. The number of aryl methyl sites for hydroxylation is 1. The molecule has 0 fully saturated rings. The second-order valence-electron chi connectivity index (χ2n) is 9.16. The molecule has 3 aromatic carbocycles. The minimum absolute atomic E-state index is 0. The number of urea groups is 1. The summed E-state index contributed by atoms with van der Waals surface area (Å²) >= 11 is 13.2. The van der Waals surface area contributed by atoms with E-state index in [-0.39, 0.29) is 36.4 Å². The Morgan fingerprint density at radius 1 is 1.00 bits per heavy atom. The van der Waals surface area contributed by atoms with Gasteiger partial charge in [-0.2, -0.15) is 0 Å². The topological polar surface area (TPSA) is 110 Å². The third kappa shape index (κ3) is 7.42. The van der Waals surface area contributed by atoms with Crippen molar-refractivity contribution < 1.29 is 23.9 Å². The van der Waals surface area contributed by atoms with Gasteiger partial charge in [0.1, 0.15) is 23.6 Å². The first kappa shape index (κ1) is 32.5. The highest BCUT2D eigenvalue weighted by Crippen LogP contribution is 2.36. The van der Waals surface area contributed by atoms with Crippen LogP contribution in [0.1, 0.15) is 28.5 Å². The van der Waals surface area contributed by atoms with Crippen LogP contribution in [0, 0.1) is 6.92 Å². The number of aromatic nitrogens is 1. The molecule has 12 heteroatoms. The molecule has 220 valence electrons. The summed E-state index contributed by atoms with van der Waals surface area (Å²) < 4.78 is 11.6. The van der Waals surface area contributed by atoms with Gasteiger partial charge >= 0.3 is 6.03 Å². The number of rotatable bonds is 9. The number of nitrogens with one attached hydrogen (secondary N) is 2. The van der Waals surface area contributed by atoms with E-state index in [4.69, 9.17) is 32.7 Å². The predicted molar refractivity (Wildman–Crippen MR) is 168 cm³/mol. The van der Waals surface area contributed by atoms with Crippen molar-refractivity contribution in [1.82, 2.24) is 10.3 Å². The Hall–Kier alpha value is -4.05. The molecule has 1 heterocycles. The fourth-order valence-corrected chi connectivity index (χ4v) is 4.73. The van der Waals surface area contributed by atoms with Crippen LogP contribution in [0.3, 0.4) is 0 Å². The minimum atomic E-state index is -0.598. The molecular formula is C30H29Cl3N4O5. The SMILES string of the molecule is COc1cc(C)nc2c(OCc3c(Cl)ccc(N(C)C(=O)CNC(=O)Nc4cccc(C(C)=O)c4)c3Cl)cccc12.Cl. The van der Waals surface area contributed by atoms with Crippen LogP contribution in [0.25, 0.3) is 10.9 Å². The van der Waals surface area contributed by atoms with Crippen LogP contribution in [0.2, 0.25) is 10.0 Å². The summed E-state index contributed by atoms with van der Waals surface area (Å²) in [7, 11) is 3.14. The van der Waals surface area contributed by atoms with E-state index in [1.54, 1.807) is 56.6 Å². The Balaban J connectivity index is 0.00000484. The molecule has 4 aromatic rings. The third-order valence-electron chi connectivity index (χ3n) is 6.31. The van der Waals surface area contributed by atoms with Crippen molar-refractivity contribution in [3.63, 3.8) is 0 Å². The number of amides is 3. The number of anilines is 2. The number of ether oxygens (including phenoxy) is 2. The highest BCUT2D eigenvalue weighted by molar-refractivity contribution is 6.38. The fraction of sp³-hybridized carbons (Fsp3) is 0.200. The van der Waals surface area contributed by atoms with Crippen LogP contribution in [0.4, 0.5) is 16.2 Å². The lowest BCUT2D eigenvalue weighted by atomic mass is 10.1. The van der Waals surface area contributed by atoms with E-state index in [0.29, 0.717) is 44.5 Å². The summed E-state index contributed by atoms with van der Waals surface area (Å²) in [5.41, 5.74) is 3.18. The summed E-state index contributed by atoms with van der Waals surface area (Å²) in [5, 5.41) is 6.53. The lowest BCUT2D eigenvalue weighted by Gasteiger charge is -2.21. The third-order valence-corrected chi connectivity index (χ3v) is 7.09. The van der Waals surface area contributed by atoms with Crippen molar-refractivity contribution >= 4 is 75.6 Å². The fourth-order valence-electron chi connectivity index (χ4n) is 4.12. The number of hydrogen-bond donors (Lipinski definition) is 2. The monoisotopic (exact) mass is 630 g/mol. The van der Waals surface area contributed by atoms with Crippen molar-refractivity contribution in [3.05, 3.63) is 87.5 Å². The summed E-state index contributed by atoms with van der Waals surface area (Å²) in [5.74, 6) is 0.660. The van der Waals surface area contributed by atoms with E-state index in [1.807, 2.05) is 25.1 Å². The van der Waals surface area contributed by atoms with Gasteiger partial charge in [-0.1, -0.05) is 41.4 Å². The molecule has 1 aromatic heterocycles. The summed E-state index contributed by atoms with van der Waals surface area (Å²) in [6.45, 7) is 3.02. The number of nitrogens with zero attached hydrogens (tertiary/aromatic N) is 2. The zero-order chi connectivity index (χ0) is 29.7. The largest absolute Gasteiger partial charge is 0.496 e. The molecule has 0 aliphatic rings. The summed E-state index contributed by atoms with van der Waals surface area (Å²) in [6, 6.07) is 16.5. The number of hydrogen-bond acceptors (Lipinski definition) is 6. The number of carbonyl (C=O) groups is 3. The zero-order valence-corrected chi connectivity index (χ0v) is 25.6. The van der Waals surface area contributed by atoms with E-state index in [2.05, 4.69) is 15.6 Å². The first-order valence-corrected chi connectivity index (χ1v) is 13.3. The lowest BCUT2D eigenvalue weighted by Crippen LogP contribution is -2.40. The number of Topliss-reactive ketones (excluding diaryl/α,β-unsaturated/α-hetero) is 1. The Labute approximate surface area is 259 Å². The van der Waals surface area contributed by atoms with Gasteiger partial charge in [0.2, 0.25) is 5.91 Å². The molecule has 0 saturated heterocycles. The van der Waals surface area contributed by atoms with Crippen LogP contribution in [0.15, 0.2) is 60.7 Å². The first-order valence-electron chi connectivity index (χ1n) is 12.6. The quantitative estimate of drug-likeness (QED) is 0.196. The summed E-state index contributed by atoms with van der Waals surface area (Å²) in [4.78, 5) is 42.8. The molecular weight excluding hydrogens is 603 g/mol. The molecule has 0 unspecified atom stereocenters. The maximum Gasteiger partial charge on any atom is 0.319 e. The van der Waals surface area contributed by atoms with Gasteiger partial charge < -0.3 is 25.0 Å². The van der Waals surface area contributed by atoms with Gasteiger partial charge in [-0.05, 0) is 50.2 Å². The van der Waals surface area contributed by atoms with Gasteiger partial charge in [0, 0.05) is 46.0 Å². The van der Waals surface area contributed by atoms with E-state index in [0.717, 1.165) is 11.1 Å². The van der Waals surface area contributed by atoms with E-state index >= 15 is 0 Å². The van der Waals surface area contributed by atoms with Crippen molar-refractivity contribution in [2.24, 2.45) is 0 Å². The van der Waals surface area contributed by atoms with Crippen LogP contribution < -0.4 is 25.0 Å². The maximum absolute atomic E-state index is 12.9. The summed E-state index contributed by atoms with van der Waals surface area (Å²) in [6.07, 6.45) is 0. The van der Waals surface area contributed by atoms with E-state index in [9.17, 15) is 14.4 Å². The normalized spacial score (nSPS) is 10.4. The maximum atomic E-state index is 12.9. The van der Waals surface area contributed by atoms with Crippen molar-refractivity contribution in [2.75, 3.05) is 30.9 Å². The molecule has 0 bridgehead atoms. The molecule has 9 nitrogen and oxygen atoms in total. The Morgan fingerprint density at radius 2 is 1.74 bits per heavy atom. The molecule has 2 N–H and O–H groups in total. The van der Waals surface area contributed by atoms with Crippen molar-refractivity contribution in [3.8, 4) is 11.5 Å². The van der Waals surface area contributed by atoms with Gasteiger partial charge in [-0.3, -0.25) is 9.59 Å². The minimum Gasteiger partial charge on any atom is -0.496 e. The lowest BCUT2D eigenvalue weighted by molar-refractivity contribution is -0.117. The number of pyridine rings is 1. The van der Waals surface area contributed by atoms with Crippen LogP contribution in [0.5, 0.6) is 11.5 Å². The first-order chi connectivity index (χ1) is 19.6. The molecule has 0 atom stereocenters. The number of halogens is 3. The molecule has 4 rings (SSSR count). The standard InChI is InChI=1S/C30H28Cl2N4O5.ClH/c1-17-13-26(40-4)21-9-6-10-25(29(21)34-17)41-16-22-23(31)11-12-24(28(22)32)36(3)27(38)15-33-30(39)35-20-8-5-7-19(14-20)18(2)37;/h5-14H,15-16H2,1-4H3,(H2,33,35,39);1H. The smallest absolute Gasteiger partial charge is 0.319 e. The Bertz CT molecular complexity index is 1650. The predicted octanol–water partition coefficient (Wildman–Crippen LogP) is 6.85. The number of benzene rings is 3. The number of methoxy groups -OCH3 is 1. The van der Waals surface area contributed by atoms with Crippen molar-refractivity contribution in [1.29, 1.82) is 0 Å². The average Bonchev–Trinajstić information content (AvgIpc) is 2.95. The van der Waals surface area contributed by atoms with Crippen LogP contribution in [-0.2, 0) is 11.4 Å². The van der Waals surface area contributed by atoms with Gasteiger partial charge in [0.15, 0.2) is 5.78 Å². The molecule has 3 amide bonds. The van der Waals surface area contributed by atoms with Gasteiger partial charge in [0.05, 0.1) is 24.4 Å². The van der Waals surface area contributed by atoms with Gasteiger partial charge in [-0.15, -0.1) is 12.4 Å². The number of para-hydroxylation sites is 1. The molecule has 0 aliphatic heterocycles. The van der Waals surface area contributed by atoms with E-state index < -0.39 is 11.9 Å². The highest BCUT2D eigenvalue weighted by atomic mass is 35.5. The number of carbonyl (C=O) groups excluding carboxylic acids is 3. The second kappa shape index (κ2) is 14.2. The van der Waals surface area contributed by atoms with Crippen LogP contribution >= 0.6 is 35.6 Å². The molecule has 0 saturated carbocycles. The molecule has 0 radical (unpaired) electrons. The Morgan fingerprint density at radius 3 is 2.45 bits per heavy atom. The van der Waals surface area contributed by atoms with Gasteiger partial charge in [-0.25, -0.2) is 9.78 Å². The van der Waals surface area contributed by atoms with Gasteiger partial charge in [0.25, 0.3) is 0 Å². The van der Waals surface area contributed by atoms with Crippen molar-refractivity contribution in [2.45, 2.75) is 20.5 Å². The molecule has 0 aliphatic carbocycles. The number of ketones is 1. The zero-order valence-electron chi connectivity index (χ0n) is 23.3. The second-order valence-corrected chi connectivity index (χ2v) is 9.95. The average molecular weight is 632 g/mol. The molecule has 42 heavy (non-hydrogen) atoms. The molecule has 0 spiro atoms. The highest BCUT2D eigenvalue weighted by Gasteiger charge is 2.20. The Kier molecular flexibility index (Phi) is 11.0. The van der Waals surface area contributed by atoms with E-state index in [1.165, 1.54) is 11.8 Å². The number of fused-ring (bicyclic) bond motifs is 1.